The molecule has 0 aliphatic heterocycles. The van der Waals surface area contributed by atoms with Crippen LogP contribution < -0.4 is 4.74 Å². The van der Waals surface area contributed by atoms with Gasteiger partial charge in [-0.2, -0.15) is 0 Å². The maximum Gasteiger partial charge on any atom is 0.515 e. The van der Waals surface area contributed by atoms with E-state index in [0.29, 0.717) is 16.9 Å². The number of terminal acetylenes is 1. The van der Waals surface area contributed by atoms with Crippen LogP contribution in [0.1, 0.15) is 11.1 Å². The van der Waals surface area contributed by atoms with Gasteiger partial charge in [0.1, 0.15) is 5.75 Å². The van der Waals surface area contributed by atoms with Crippen molar-refractivity contribution < 1.29 is 14.3 Å². The summed E-state index contributed by atoms with van der Waals surface area (Å²) in [5.41, 5.74) is -0.0809. The van der Waals surface area contributed by atoms with E-state index in [0.717, 1.165) is 4.47 Å². The van der Waals surface area contributed by atoms with E-state index in [-0.39, 0.29) is 0 Å². The van der Waals surface area contributed by atoms with Crippen LogP contribution >= 0.6 is 15.9 Å². The number of hydrogen-bond acceptors (Lipinski definition) is 3. The summed E-state index contributed by atoms with van der Waals surface area (Å²) in [6, 6.07) is 25.2. The third kappa shape index (κ3) is 3.79. The second-order valence-corrected chi connectivity index (χ2v) is 6.38. The number of hydrogen-bond donors (Lipinski definition) is 0. The Balaban J connectivity index is 1.99. The van der Waals surface area contributed by atoms with Crippen LogP contribution in [0.3, 0.4) is 0 Å². The summed E-state index contributed by atoms with van der Waals surface area (Å²) in [5.74, 6) is 3.03. The van der Waals surface area contributed by atoms with E-state index < -0.39 is 11.8 Å². The minimum Gasteiger partial charge on any atom is -0.405 e. The van der Waals surface area contributed by atoms with Crippen LogP contribution in [0, 0.1) is 12.3 Å². The van der Waals surface area contributed by atoms with Gasteiger partial charge < -0.3 is 9.47 Å². The van der Waals surface area contributed by atoms with E-state index >= 15 is 0 Å². The van der Waals surface area contributed by atoms with Crippen LogP contribution in [0.4, 0.5) is 4.79 Å². The number of benzene rings is 3. The Labute approximate surface area is 160 Å². The summed E-state index contributed by atoms with van der Waals surface area (Å²) in [6.07, 6.45) is 4.98. The predicted octanol–water partition coefficient (Wildman–Crippen LogP) is 5.54. The largest absolute Gasteiger partial charge is 0.515 e. The molecule has 0 spiro atoms. The summed E-state index contributed by atoms with van der Waals surface area (Å²) in [7, 11) is 0. The van der Waals surface area contributed by atoms with Crippen molar-refractivity contribution in [2.24, 2.45) is 0 Å². The zero-order valence-electron chi connectivity index (χ0n) is 13.8. The molecule has 0 bridgehead atoms. The van der Waals surface area contributed by atoms with Crippen molar-refractivity contribution in [2.45, 2.75) is 5.60 Å². The average molecular weight is 407 g/mol. The molecule has 0 saturated heterocycles. The lowest BCUT2D eigenvalue weighted by Gasteiger charge is -2.29. The van der Waals surface area contributed by atoms with Gasteiger partial charge in [0.05, 0.1) is 0 Å². The molecule has 1 unspecified atom stereocenters. The van der Waals surface area contributed by atoms with Gasteiger partial charge in [-0.15, -0.1) is 6.42 Å². The Kier molecular flexibility index (Phi) is 5.40. The van der Waals surface area contributed by atoms with E-state index in [1.807, 2.05) is 60.7 Å². The molecule has 3 nitrogen and oxygen atoms in total. The van der Waals surface area contributed by atoms with E-state index in [2.05, 4.69) is 21.9 Å². The summed E-state index contributed by atoms with van der Waals surface area (Å²) in [5, 5.41) is 0. The minimum absolute atomic E-state index is 0.382. The first-order chi connectivity index (χ1) is 12.6. The molecule has 0 saturated carbocycles. The fraction of sp³-hybridized carbons (Fsp3) is 0.0455. The van der Waals surface area contributed by atoms with Crippen molar-refractivity contribution in [1.82, 2.24) is 0 Å². The second-order valence-electron chi connectivity index (χ2n) is 5.47. The normalized spacial score (nSPS) is 12.5. The van der Waals surface area contributed by atoms with Crippen LogP contribution in [-0.2, 0) is 10.3 Å². The molecule has 0 N–H and O–H groups in total. The average Bonchev–Trinajstić information content (AvgIpc) is 2.68. The van der Waals surface area contributed by atoms with Gasteiger partial charge in [0, 0.05) is 15.6 Å². The standard InChI is InChI=1S/C22H15BrO3/c1-2-22(17-9-5-3-6-10-17,18-13-15-19(23)16-14-18)26-21(24)25-20-11-7-4-8-12-20/h1,3-16H. The molecule has 0 radical (unpaired) electrons. The summed E-state index contributed by atoms with van der Waals surface area (Å²) < 4.78 is 11.9. The molecule has 0 amide bonds. The number of carbonyl (C=O) groups is 1. The molecule has 128 valence electrons. The van der Waals surface area contributed by atoms with Gasteiger partial charge in [-0.25, -0.2) is 4.79 Å². The first-order valence-corrected chi connectivity index (χ1v) is 8.68. The van der Waals surface area contributed by atoms with E-state index in [1.165, 1.54) is 0 Å². The van der Waals surface area contributed by atoms with Crippen molar-refractivity contribution in [3.63, 3.8) is 0 Å². The smallest absolute Gasteiger partial charge is 0.405 e. The predicted molar refractivity (Wildman–Crippen MR) is 104 cm³/mol. The fourth-order valence-corrected chi connectivity index (χ4v) is 2.83. The van der Waals surface area contributed by atoms with E-state index in [9.17, 15) is 4.79 Å². The first-order valence-electron chi connectivity index (χ1n) is 7.89. The molecule has 0 aliphatic carbocycles. The monoisotopic (exact) mass is 406 g/mol. The second kappa shape index (κ2) is 7.90. The van der Waals surface area contributed by atoms with E-state index in [4.69, 9.17) is 15.9 Å². The highest BCUT2D eigenvalue weighted by atomic mass is 79.9. The quantitative estimate of drug-likeness (QED) is 0.324. The SMILES string of the molecule is C#CC(OC(=O)Oc1ccccc1)(c1ccccc1)c1ccc(Br)cc1. The lowest BCUT2D eigenvalue weighted by Crippen LogP contribution is -2.33. The number of rotatable bonds is 4. The Morgan fingerprint density at radius 2 is 1.38 bits per heavy atom. The molecule has 3 aromatic rings. The van der Waals surface area contributed by atoms with Gasteiger partial charge in [-0.3, -0.25) is 0 Å². The lowest BCUT2D eigenvalue weighted by atomic mass is 9.87. The van der Waals surface area contributed by atoms with Gasteiger partial charge in [0.2, 0.25) is 5.60 Å². The molecule has 3 rings (SSSR count). The highest BCUT2D eigenvalue weighted by Gasteiger charge is 2.37. The van der Waals surface area contributed by atoms with Gasteiger partial charge in [0.25, 0.3) is 0 Å². The molecule has 0 aromatic heterocycles. The van der Waals surface area contributed by atoms with Gasteiger partial charge in [-0.1, -0.05) is 76.6 Å². The molecular formula is C22H15BrO3. The van der Waals surface area contributed by atoms with Crippen molar-refractivity contribution in [3.05, 3.63) is 101 Å². The van der Waals surface area contributed by atoms with Crippen LogP contribution in [0.2, 0.25) is 0 Å². The summed E-state index contributed by atoms with van der Waals surface area (Å²) >= 11 is 3.40. The lowest BCUT2D eigenvalue weighted by molar-refractivity contribution is 0.0413. The Morgan fingerprint density at radius 3 is 1.96 bits per heavy atom. The van der Waals surface area contributed by atoms with Crippen LogP contribution in [0.15, 0.2) is 89.4 Å². The van der Waals surface area contributed by atoms with Gasteiger partial charge >= 0.3 is 6.16 Å². The van der Waals surface area contributed by atoms with Crippen molar-refractivity contribution in [3.8, 4) is 18.1 Å². The molecule has 0 fully saturated rings. The molecule has 26 heavy (non-hydrogen) atoms. The third-order valence-electron chi connectivity index (χ3n) is 3.82. The van der Waals surface area contributed by atoms with Crippen molar-refractivity contribution in [1.29, 1.82) is 0 Å². The Hall–Kier alpha value is -3.03. The van der Waals surface area contributed by atoms with Crippen LogP contribution in [0.5, 0.6) is 5.75 Å². The Morgan fingerprint density at radius 1 is 0.846 bits per heavy atom. The number of carbonyl (C=O) groups excluding carboxylic acids is 1. The zero-order valence-corrected chi connectivity index (χ0v) is 15.3. The fourth-order valence-electron chi connectivity index (χ4n) is 2.57. The zero-order chi connectivity index (χ0) is 18.4. The maximum absolute atomic E-state index is 12.5. The topological polar surface area (TPSA) is 35.5 Å². The first kappa shape index (κ1) is 17.8. The number of ether oxygens (including phenoxy) is 2. The number of halogens is 1. The van der Waals surface area contributed by atoms with Crippen molar-refractivity contribution >= 4 is 22.1 Å². The highest BCUT2D eigenvalue weighted by Crippen LogP contribution is 2.34. The highest BCUT2D eigenvalue weighted by molar-refractivity contribution is 9.10. The van der Waals surface area contributed by atoms with Gasteiger partial charge in [0.15, 0.2) is 0 Å². The summed E-state index contributed by atoms with van der Waals surface area (Å²) in [4.78, 5) is 12.5. The molecular weight excluding hydrogens is 392 g/mol. The summed E-state index contributed by atoms with van der Waals surface area (Å²) in [6.45, 7) is 0. The van der Waals surface area contributed by atoms with Crippen LogP contribution in [0.25, 0.3) is 0 Å². The van der Waals surface area contributed by atoms with Crippen LogP contribution in [-0.4, -0.2) is 6.16 Å². The third-order valence-corrected chi connectivity index (χ3v) is 4.34. The molecule has 1 atom stereocenters. The van der Waals surface area contributed by atoms with Gasteiger partial charge in [-0.05, 0) is 30.2 Å². The maximum atomic E-state index is 12.5. The van der Waals surface area contributed by atoms with E-state index in [1.54, 1.807) is 24.3 Å². The number of para-hydroxylation sites is 1. The van der Waals surface area contributed by atoms with Crippen molar-refractivity contribution in [2.75, 3.05) is 0 Å². The molecule has 4 heteroatoms. The molecule has 0 aliphatic rings. The molecule has 3 aromatic carbocycles. The minimum atomic E-state index is -1.40. The Bertz CT molecular complexity index is 915. The molecule has 0 heterocycles.